The second kappa shape index (κ2) is 11.8. The third kappa shape index (κ3) is 6.60. The van der Waals surface area contributed by atoms with E-state index in [2.05, 4.69) is 26.0 Å². The molecule has 9 nitrogen and oxygen atoms in total. The maximum Gasteiger partial charge on any atom is 0.253 e. The summed E-state index contributed by atoms with van der Waals surface area (Å²) in [5, 5.41) is 35.9. The van der Waals surface area contributed by atoms with E-state index in [0.29, 0.717) is 28.1 Å². The van der Waals surface area contributed by atoms with Crippen LogP contribution in [0, 0.1) is 6.92 Å². The quantitative estimate of drug-likeness (QED) is 0.136. The van der Waals surface area contributed by atoms with Gasteiger partial charge in [0.15, 0.2) is 11.0 Å². The van der Waals surface area contributed by atoms with Crippen molar-refractivity contribution in [2.75, 3.05) is 5.32 Å². The number of thioether (sulfide) groups is 1. The number of amides is 1. The number of benzene rings is 3. The number of carbonyl (C=O) groups is 1. The fourth-order valence-electron chi connectivity index (χ4n) is 3.44. The molecule has 0 aliphatic heterocycles. The zero-order valence-corrected chi connectivity index (χ0v) is 21.7. The Labute approximate surface area is 223 Å². The first-order valence-electron chi connectivity index (χ1n) is 11.3. The van der Waals surface area contributed by atoms with Crippen molar-refractivity contribution in [1.29, 1.82) is 0 Å². The van der Waals surface area contributed by atoms with Gasteiger partial charge in [-0.2, -0.15) is 5.10 Å². The Balaban J connectivity index is 1.48. The number of carbonyl (C=O) groups excluding carboxylic acids is 1. The summed E-state index contributed by atoms with van der Waals surface area (Å²) in [6, 6.07) is 19.4. The van der Waals surface area contributed by atoms with Gasteiger partial charge in [0.1, 0.15) is 11.5 Å². The highest BCUT2D eigenvalue weighted by Gasteiger charge is 2.21. The number of nitrogens with one attached hydrogen (secondary N) is 2. The predicted molar refractivity (Wildman–Crippen MR) is 146 cm³/mol. The average molecular weight is 537 g/mol. The van der Waals surface area contributed by atoms with Gasteiger partial charge in [0.05, 0.1) is 18.0 Å². The van der Waals surface area contributed by atoms with Crippen LogP contribution < -0.4 is 10.7 Å². The Morgan fingerprint density at radius 2 is 1.92 bits per heavy atom. The van der Waals surface area contributed by atoms with Crippen LogP contribution in [-0.4, -0.2) is 42.3 Å². The van der Waals surface area contributed by atoms with Crippen molar-refractivity contribution in [3.8, 4) is 17.2 Å². The van der Waals surface area contributed by atoms with Crippen LogP contribution >= 0.6 is 23.4 Å². The van der Waals surface area contributed by atoms with Gasteiger partial charge in [0.25, 0.3) is 5.91 Å². The van der Waals surface area contributed by atoms with Gasteiger partial charge in [0, 0.05) is 28.0 Å². The summed E-state index contributed by atoms with van der Waals surface area (Å²) in [6.45, 7) is 4.13. The number of halogens is 1. The number of nitrogens with zero attached hydrogens (tertiary/aromatic N) is 4. The van der Waals surface area contributed by atoms with E-state index in [0.717, 1.165) is 16.9 Å². The first kappa shape index (κ1) is 26.1. The summed E-state index contributed by atoms with van der Waals surface area (Å²) in [5.74, 6) is 0.116. The summed E-state index contributed by atoms with van der Waals surface area (Å²) < 4.78 is 1.91. The molecule has 1 atom stereocenters. The molecule has 0 saturated heterocycles. The minimum absolute atomic E-state index is 0.0656. The molecular formula is C26H25ClN6O3S. The smallest absolute Gasteiger partial charge is 0.253 e. The minimum atomic E-state index is -0.545. The second-order valence-corrected chi connectivity index (χ2v) is 9.86. The van der Waals surface area contributed by atoms with Gasteiger partial charge < -0.3 is 15.5 Å². The molecule has 0 fully saturated rings. The van der Waals surface area contributed by atoms with Crippen LogP contribution in [0.4, 0.5) is 5.69 Å². The van der Waals surface area contributed by atoms with Crippen LogP contribution in [0.5, 0.6) is 11.5 Å². The van der Waals surface area contributed by atoms with E-state index in [1.807, 2.05) is 60.0 Å². The summed E-state index contributed by atoms with van der Waals surface area (Å²) in [7, 11) is 0. The normalized spacial score (nSPS) is 12.0. The number of phenolic OH excluding ortho intramolecular Hbond substituents is 2. The Kier molecular flexibility index (Phi) is 8.32. The molecule has 4 N–H and O–H groups in total. The predicted octanol–water partition coefficient (Wildman–Crippen LogP) is 4.88. The van der Waals surface area contributed by atoms with Crippen molar-refractivity contribution < 1.29 is 15.0 Å². The van der Waals surface area contributed by atoms with E-state index in [-0.39, 0.29) is 17.4 Å². The average Bonchev–Trinajstić information content (AvgIpc) is 3.27. The van der Waals surface area contributed by atoms with Gasteiger partial charge in [0.2, 0.25) is 0 Å². The fourth-order valence-corrected chi connectivity index (χ4v) is 4.54. The topological polar surface area (TPSA) is 125 Å². The van der Waals surface area contributed by atoms with Crippen LogP contribution in [0.3, 0.4) is 0 Å². The minimum Gasteiger partial charge on any atom is -0.508 e. The third-order valence-corrected chi connectivity index (χ3v) is 6.66. The van der Waals surface area contributed by atoms with Crippen LogP contribution in [0.15, 0.2) is 77.0 Å². The molecule has 1 amide bonds. The van der Waals surface area contributed by atoms with Crippen molar-refractivity contribution in [1.82, 2.24) is 20.2 Å². The SMILES string of the molecule is Cc1cc(Cl)ccc1NCc1nnc(S[C@H](C)C(=O)N/N=C\c2ccc(O)cc2O)n1-c1ccccc1. The number of aromatic hydroxyl groups is 2. The number of hydrogen-bond donors (Lipinski definition) is 4. The van der Waals surface area contributed by atoms with E-state index in [1.54, 1.807) is 6.92 Å². The fraction of sp³-hybridized carbons (Fsp3) is 0.154. The number of rotatable bonds is 9. The van der Waals surface area contributed by atoms with E-state index in [1.165, 1.54) is 36.2 Å². The molecule has 37 heavy (non-hydrogen) atoms. The van der Waals surface area contributed by atoms with Gasteiger partial charge in [-0.15, -0.1) is 10.2 Å². The lowest BCUT2D eigenvalue weighted by Crippen LogP contribution is -2.27. The highest BCUT2D eigenvalue weighted by molar-refractivity contribution is 8.00. The van der Waals surface area contributed by atoms with Gasteiger partial charge in [-0.3, -0.25) is 9.36 Å². The molecule has 11 heteroatoms. The number of phenols is 2. The summed E-state index contributed by atoms with van der Waals surface area (Å²) in [4.78, 5) is 12.7. The number of aryl methyl sites for hydroxylation is 1. The molecule has 190 valence electrons. The second-order valence-electron chi connectivity index (χ2n) is 8.12. The number of para-hydroxylation sites is 1. The molecule has 0 bridgehead atoms. The van der Waals surface area contributed by atoms with Crippen molar-refractivity contribution in [2.24, 2.45) is 5.10 Å². The number of hydrogen-bond acceptors (Lipinski definition) is 8. The molecular weight excluding hydrogens is 512 g/mol. The molecule has 0 radical (unpaired) electrons. The van der Waals surface area contributed by atoms with Crippen molar-refractivity contribution in [3.05, 3.63) is 88.7 Å². The van der Waals surface area contributed by atoms with Crippen LogP contribution in [-0.2, 0) is 11.3 Å². The number of hydrazone groups is 1. The maximum absolute atomic E-state index is 12.7. The van der Waals surface area contributed by atoms with Gasteiger partial charge in [-0.1, -0.05) is 41.6 Å². The van der Waals surface area contributed by atoms with Crippen molar-refractivity contribution >= 4 is 41.2 Å². The van der Waals surface area contributed by atoms with E-state index in [9.17, 15) is 15.0 Å². The Morgan fingerprint density at radius 1 is 1.14 bits per heavy atom. The van der Waals surface area contributed by atoms with E-state index >= 15 is 0 Å². The summed E-state index contributed by atoms with van der Waals surface area (Å²) in [5.41, 5.74) is 5.65. The van der Waals surface area contributed by atoms with Crippen LogP contribution in [0.1, 0.15) is 23.9 Å². The molecule has 0 aliphatic carbocycles. The van der Waals surface area contributed by atoms with Crippen LogP contribution in [0.25, 0.3) is 5.69 Å². The monoisotopic (exact) mass is 536 g/mol. The Hall–Kier alpha value is -4.02. The zero-order chi connectivity index (χ0) is 26.4. The van der Waals surface area contributed by atoms with Gasteiger partial charge in [-0.25, -0.2) is 5.43 Å². The van der Waals surface area contributed by atoms with Gasteiger partial charge >= 0.3 is 0 Å². The summed E-state index contributed by atoms with van der Waals surface area (Å²) in [6.07, 6.45) is 1.30. The van der Waals surface area contributed by atoms with E-state index < -0.39 is 5.25 Å². The van der Waals surface area contributed by atoms with Crippen molar-refractivity contribution in [2.45, 2.75) is 30.8 Å². The lowest BCUT2D eigenvalue weighted by Gasteiger charge is -2.14. The molecule has 0 saturated carbocycles. The molecule has 4 aromatic rings. The molecule has 0 aliphatic rings. The highest BCUT2D eigenvalue weighted by Crippen LogP contribution is 2.27. The van der Waals surface area contributed by atoms with Gasteiger partial charge in [-0.05, 0) is 61.9 Å². The standard InChI is InChI=1S/C26H25ClN6O3S/c1-16-12-19(27)9-11-22(16)28-15-24-30-32-26(33(24)20-6-4-3-5-7-20)37-17(2)25(36)31-29-14-18-8-10-21(34)13-23(18)35/h3-14,17,28,34-35H,15H2,1-2H3,(H,31,36)/b29-14-/t17-/m1/s1. The Morgan fingerprint density at radius 3 is 2.65 bits per heavy atom. The van der Waals surface area contributed by atoms with Crippen LogP contribution in [0.2, 0.25) is 5.02 Å². The Bertz CT molecular complexity index is 1430. The molecule has 0 unspecified atom stereocenters. The summed E-state index contributed by atoms with van der Waals surface area (Å²) >= 11 is 7.32. The first-order chi connectivity index (χ1) is 17.8. The highest BCUT2D eigenvalue weighted by atomic mass is 35.5. The lowest BCUT2D eigenvalue weighted by molar-refractivity contribution is -0.120. The molecule has 0 spiro atoms. The van der Waals surface area contributed by atoms with Crippen molar-refractivity contribution in [3.63, 3.8) is 0 Å². The van der Waals surface area contributed by atoms with E-state index in [4.69, 9.17) is 11.6 Å². The molecule has 1 aromatic heterocycles. The largest absolute Gasteiger partial charge is 0.508 e. The molecule has 3 aromatic carbocycles. The first-order valence-corrected chi connectivity index (χ1v) is 12.6. The number of aromatic nitrogens is 3. The molecule has 1 heterocycles. The lowest BCUT2D eigenvalue weighted by atomic mass is 10.2. The zero-order valence-electron chi connectivity index (χ0n) is 20.1. The number of anilines is 1. The molecule has 4 rings (SSSR count). The maximum atomic E-state index is 12.7. The third-order valence-electron chi connectivity index (χ3n) is 5.38.